The van der Waals surface area contributed by atoms with Crippen LogP contribution in [0.2, 0.25) is 0 Å². The second-order valence-corrected chi connectivity index (χ2v) is 6.84. The number of halogens is 1. The van der Waals surface area contributed by atoms with Crippen molar-refractivity contribution in [2.24, 2.45) is 0 Å². The Bertz CT molecular complexity index is 1270. The van der Waals surface area contributed by atoms with E-state index < -0.39 is 5.91 Å². The molecule has 3 aromatic carbocycles. The second-order valence-electron chi connectivity index (χ2n) is 6.84. The molecule has 0 saturated carbocycles. The van der Waals surface area contributed by atoms with Crippen LogP contribution in [0.5, 0.6) is 5.75 Å². The maximum absolute atomic E-state index is 12.7. The average molecular weight is 442 g/mol. The van der Waals surface area contributed by atoms with Crippen molar-refractivity contribution in [3.05, 3.63) is 108 Å². The van der Waals surface area contributed by atoms with Crippen molar-refractivity contribution < 1.29 is 9.53 Å². The molecule has 1 N–H and O–H groups in total. The van der Waals surface area contributed by atoms with Crippen LogP contribution in [0, 0.1) is 11.3 Å². The van der Waals surface area contributed by atoms with Crippen molar-refractivity contribution in [1.82, 2.24) is 4.98 Å². The first-order valence-electron chi connectivity index (χ1n) is 9.76. The lowest BCUT2D eigenvalue weighted by molar-refractivity contribution is -0.112. The first-order valence-corrected chi connectivity index (χ1v) is 9.76. The molecule has 0 fully saturated rings. The molecule has 4 rings (SSSR count). The molecular weight excluding hydrogens is 422 g/mol. The van der Waals surface area contributed by atoms with Crippen molar-refractivity contribution in [2.45, 2.75) is 6.61 Å². The fraction of sp³-hybridized carbons (Fsp3) is 0.0385. The number of rotatable bonds is 6. The Hall–Kier alpha value is -4.14. The number of nitrogens with zero attached hydrogens (tertiary/aromatic N) is 2. The van der Waals surface area contributed by atoms with Gasteiger partial charge in [-0.15, -0.1) is 12.4 Å². The minimum Gasteiger partial charge on any atom is -0.489 e. The summed E-state index contributed by atoms with van der Waals surface area (Å²) in [6.45, 7) is 0.474. The molecule has 0 aliphatic heterocycles. The van der Waals surface area contributed by atoms with E-state index in [1.54, 1.807) is 24.4 Å². The minimum atomic E-state index is -0.469. The van der Waals surface area contributed by atoms with E-state index in [4.69, 9.17) is 4.74 Å². The Kier molecular flexibility index (Phi) is 7.58. The highest BCUT2D eigenvalue weighted by atomic mass is 35.5. The number of nitriles is 1. The van der Waals surface area contributed by atoms with Crippen LogP contribution in [0.4, 0.5) is 5.69 Å². The smallest absolute Gasteiger partial charge is 0.266 e. The molecule has 0 radical (unpaired) electrons. The molecule has 0 atom stereocenters. The number of anilines is 1. The number of nitrogens with one attached hydrogen (secondary N) is 1. The normalized spacial score (nSPS) is 10.7. The Labute approximate surface area is 192 Å². The molecule has 1 amide bonds. The number of carbonyl (C=O) groups is 1. The van der Waals surface area contributed by atoms with Gasteiger partial charge >= 0.3 is 0 Å². The Morgan fingerprint density at radius 3 is 2.50 bits per heavy atom. The SMILES string of the molecule is Cl.N#C/C(=C\c1ccc(OCc2ccccc2)cc1)C(=O)Nc1cccc2ncccc12. The summed E-state index contributed by atoms with van der Waals surface area (Å²) >= 11 is 0. The third-order valence-electron chi connectivity index (χ3n) is 4.70. The summed E-state index contributed by atoms with van der Waals surface area (Å²) in [6.07, 6.45) is 3.25. The van der Waals surface area contributed by atoms with Gasteiger partial charge in [0.2, 0.25) is 0 Å². The van der Waals surface area contributed by atoms with Gasteiger partial charge in [-0.1, -0.05) is 48.5 Å². The van der Waals surface area contributed by atoms with Crippen molar-refractivity contribution in [3.8, 4) is 11.8 Å². The van der Waals surface area contributed by atoms with Gasteiger partial charge in [-0.05, 0) is 53.6 Å². The molecule has 0 aliphatic rings. The van der Waals surface area contributed by atoms with Crippen LogP contribution in [-0.4, -0.2) is 10.9 Å². The van der Waals surface area contributed by atoms with E-state index in [1.807, 2.05) is 78.9 Å². The Morgan fingerprint density at radius 2 is 1.75 bits per heavy atom. The van der Waals surface area contributed by atoms with E-state index >= 15 is 0 Å². The minimum absolute atomic E-state index is 0. The first kappa shape index (κ1) is 22.5. The molecule has 1 aromatic heterocycles. The van der Waals surface area contributed by atoms with Gasteiger partial charge in [0.05, 0.1) is 11.2 Å². The summed E-state index contributed by atoms with van der Waals surface area (Å²) in [5.41, 5.74) is 3.21. The lowest BCUT2D eigenvalue weighted by Crippen LogP contribution is -2.13. The number of ether oxygens (including phenoxy) is 1. The van der Waals surface area contributed by atoms with E-state index in [9.17, 15) is 10.1 Å². The molecule has 5 nitrogen and oxygen atoms in total. The summed E-state index contributed by atoms with van der Waals surface area (Å²) in [4.78, 5) is 17.0. The predicted molar refractivity (Wildman–Crippen MR) is 128 cm³/mol. The van der Waals surface area contributed by atoms with Crippen LogP contribution in [-0.2, 0) is 11.4 Å². The third kappa shape index (κ3) is 5.51. The zero-order valence-electron chi connectivity index (χ0n) is 17.1. The fourth-order valence-electron chi connectivity index (χ4n) is 3.12. The third-order valence-corrected chi connectivity index (χ3v) is 4.70. The number of carbonyl (C=O) groups excluding carboxylic acids is 1. The van der Waals surface area contributed by atoms with Gasteiger partial charge in [0, 0.05) is 11.6 Å². The van der Waals surface area contributed by atoms with Gasteiger partial charge in [0.15, 0.2) is 0 Å². The van der Waals surface area contributed by atoms with Crippen LogP contribution in [0.3, 0.4) is 0 Å². The molecule has 1 heterocycles. The van der Waals surface area contributed by atoms with Crippen LogP contribution in [0.15, 0.2) is 96.7 Å². The summed E-state index contributed by atoms with van der Waals surface area (Å²) in [7, 11) is 0. The number of fused-ring (bicyclic) bond motifs is 1. The van der Waals surface area contributed by atoms with Gasteiger partial charge in [-0.3, -0.25) is 9.78 Å². The average Bonchev–Trinajstić information content (AvgIpc) is 2.83. The molecule has 6 heteroatoms. The molecule has 4 aromatic rings. The Morgan fingerprint density at radius 1 is 0.969 bits per heavy atom. The zero-order chi connectivity index (χ0) is 21.5. The second kappa shape index (κ2) is 10.8. The van der Waals surface area contributed by atoms with Crippen LogP contribution in [0.25, 0.3) is 17.0 Å². The molecule has 158 valence electrons. The topological polar surface area (TPSA) is 75.0 Å². The molecule has 0 spiro atoms. The monoisotopic (exact) mass is 441 g/mol. The van der Waals surface area contributed by atoms with E-state index in [2.05, 4.69) is 10.3 Å². The van der Waals surface area contributed by atoms with Gasteiger partial charge in [0.1, 0.15) is 24.0 Å². The van der Waals surface area contributed by atoms with Crippen molar-refractivity contribution in [2.75, 3.05) is 5.32 Å². The number of amides is 1. The molecule has 0 saturated heterocycles. The summed E-state index contributed by atoms with van der Waals surface area (Å²) in [5, 5.41) is 13.1. The standard InChI is InChI=1S/C26H19N3O2.ClH/c27-17-21(26(30)29-25-10-4-9-24-23(25)8-5-15-28-24)16-19-11-13-22(14-12-19)31-18-20-6-2-1-3-7-20;/h1-16H,18H2,(H,29,30);1H/b21-16+;. The Balaban J connectivity index is 0.00000289. The summed E-state index contributed by atoms with van der Waals surface area (Å²) < 4.78 is 5.77. The quantitative estimate of drug-likeness (QED) is 0.304. The molecule has 0 bridgehead atoms. The number of benzene rings is 3. The highest BCUT2D eigenvalue weighted by Gasteiger charge is 2.11. The van der Waals surface area contributed by atoms with E-state index in [1.165, 1.54) is 0 Å². The van der Waals surface area contributed by atoms with Gasteiger partial charge in [-0.25, -0.2) is 0 Å². The lowest BCUT2D eigenvalue weighted by Gasteiger charge is -2.08. The maximum Gasteiger partial charge on any atom is 0.266 e. The van der Waals surface area contributed by atoms with Gasteiger partial charge < -0.3 is 10.1 Å². The van der Waals surface area contributed by atoms with E-state index in [-0.39, 0.29) is 18.0 Å². The largest absolute Gasteiger partial charge is 0.489 e. The van der Waals surface area contributed by atoms with Gasteiger partial charge in [0.25, 0.3) is 5.91 Å². The highest BCUT2D eigenvalue weighted by molar-refractivity contribution is 6.12. The van der Waals surface area contributed by atoms with Crippen molar-refractivity contribution >= 4 is 41.0 Å². The van der Waals surface area contributed by atoms with Gasteiger partial charge in [-0.2, -0.15) is 5.26 Å². The zero-order valence-corrected chi connectivity index (χ0v) is 17.9. The van der Waals surface area contributed by atoms with Crippen LogP contribution >= 0.6 is 12.4 Å². The molecule has 32 heavy (non-hydrogen) atoms. The molecule has 0 unspecified atom stereocenters. The predicted octanol–water partition coefficient (Wildman–Crippen LogP) is 5.78. The maximum atomic E-state index is 12.7. The first-order chi connectivity index (χ1) is 15.2. The lowest BCUT2D eigenvalue weighted by atomic mass is 10.1. The molecule has 0 aliphatic carbocycles. The van der Waals surface area contributed by atoms with Crippen LogP contribution < -0.4 is 10.1 Å². The number of hydrogen-bond donors (Lipinski definition) is 1. The summed E-state index contributed by atoms with van der Waals surface area (Å²) in [5.74, 6) is 0.246. The molecular formula is C26H20ClN3O2. The number of pyridine rings is 1. The fourth-order valence-corrected chi connectivity index (χ4v) is 3.12. The van der Waals surface area contributed by atoms with E-state index in [0.717, 1.165) is 22.0 Å². The number of aromatic nitrogens is 1. The highest BCUT2D eigenvalue weighted by Crippen LogP contribution is 2.22. The summed E-state index contributed by atoms with van der Waals surface area (Å²) in [6, 6.07) is 28.3. The number of hydrogen-bond acceptors (Lipinski definition) is 4. The van der Waals surface area contributed by atoms with Crippen molar-refractivity contribution in [3.63, 3.8) is 0 Å². The van der Waals surface area contributed by atoms with E-state index in [0.29, 0.717) is 18.0 Å². The van der Waals surface area contributed by atoms with Crippen LogP contribution in [0.1, 0.15) is 11.1 Å². The van der Waals surface area contributed by atoms with Crippen molar-refractivity contribution in [1.29, 1.82) is 5.26 Å².